The van der Waals surface area contributed by atoms with Crippen LogP contribution in [0.1, 0.15) is 26.2 Å². The van der Waals surface area contributed by atoms with Crippen LogP contribution >= 0.6 is 0 Å². The molecule has 0 aromatic carbocycles. The van der Waals surface area contributed by atoms with Crippen molar-refractivity contribution in [3.63, 3.8) is 0 Å². The SMILES string of the molecule is C[C@@H]1C[C@H]1C(=O)N(C)C1CC(O)C1. The van der Waals surface area contributed by atoms with Crippen molar-refractivity contribution in [2.45, 2.75) is 38.3 Å². The third kappa shape index (κ3) is 1.57. The minimum atomic E-state index is -0.170. The molecule has 0 aromatic rings. The summed E-state index contributed by atoms with van der Waals surface area (Å²) in [7, 11) is 1.86. The Morgan fingerprint density at radius 2 is 1.92 bits per heavy atom. The summed E-state index contributed by atoms with van der Waals surface area (Å²) < 4.78 is 0. The van der Waals surface area contributed by atoms with Crippen LogP contribution in [-0.4, -0.2) is 35.1 Å². The molecule has 0 radical (unpaired) electrons. The van der Waals surface area contributed by atoms with Crippen LogP contribution in [0.5, 0.6) is 0 Å². The average Bonchev–Trinajstić information content (AvgIpc) is 2.74. The molecule has 13 heavy (non-hydrogen) atoms. The third-order valence-electron chi connectivity index (χ3n) is 3.41. The van der Waals surface area contributed by atoms with Gasteiger partial charge in [-0.15, -0.1) is 0 Å². The van der Waals surface area contributed by atoms with Crippen molar-refractivity contribution in [2.75, 3.05) is 7.05 Å². The van der Waals surface area contributed by atoms with E-state index in [2.05, 4.69) is 6.92 Å². The van der Waals surface area contributed by atoms with Crippen LogP contribution in [0.15, 0.2) is 0 Å². The van der Waals surface area contributed by atoms with E-state index in [9.17, 15) is 4.79 Å². The Morgan fingerprint density at radius 3 is 2.31 bits per heavy atom. The summed E-state index contributed by atoms with van der Waals surface area (Å²) in [5.41, 5.74) is 0. The van der Waals surface area contributed by atoms with Crippen LogP contribution < -0.4 is 0 Å². The van der Waals surface area contributed by atoms with Gasteiger partial charge in [-0.25, -0.2) is 0 Å². The molecule has 2 rings (SSSR count). The zero-order valence-corrected chi connectivity index (χ0v) is 8.23. The van der Waals surface area contributed by atoms with Gasteiger partial charge < -0.3 is 10.0 Å². The molecule has 2 atom stereocenters. The quantitative estimate of drug-likeness (QED) is 0.682. The van der Waals surface area contributed by atoms with Crippen molar-refractivity contribution in [3.05, 3.63) is 0 Å². The first-order chi connectivity index (χ1) is 6.09. The van der Waals surface area contributed by atoms with E-state index in [0.717, 1.165) is 19.3 Å². The summed E-state index contributed by atoms with van der Waals surface area (Å²) >= 11 is 0. The second-order valence-corrected chi connectivity index (χ2v) is 4.55. The zero-order valence-electron chi connectivity index (χ0n) is 8.23. The standard InChI is InChI=1S/C10H17NO2/c1-6-3-9(6)10(13)11(2)7-4-8(12)5-7/h6-9,12H,3-5H2,1-2H3/t6-,7?,8?,9-/m1/s1. The van der Waals surface area contributed by atoms with E-state index >= 15 is 0 Å². The number of aliphatic hydroxyl groups excluding tert-OH is 1. The van der Waals surface area contributed by atoms with Gasteiger partial charge in [-0.1, -0.05) is 6.92 Å². The monoisotopic (exact) mass is 183 g/mol. The lowest BCUT2D eigenvalue weighted by molar-refractivity contribution is -0.137. The van der Waals surface area contributed by atoms with Crippen molar-refractivity contribution in [1.29, 1.82) is 0 Å². The molecule has 2 aliphatic carbocycles. The summed E-state index contributed by atoms with van der Waals surface area (Å²) in [6, 6.07) is 0.301. The predicted octanol–water partition coefficient (Wildman–Crippen LogP) is 0.624. The van der Waals surface area contributed by atoms with E-state index in [1.165, 1.54) is 0 Å². The molecule has 2 aliphatic rings. The molecule has 1 N–H and O–H groups in total. The number of aliphatic hydroxyl groups is 1. The fourth-order valence-corrected chi connectivity index (χ4v) is 1.98. The molecule has 0 unspecified atom stereocenters. The molecule has 0 spiro atoms. The molecule has 1 amide bonds. The predicted molar refractivity (Wildman–Crippen MR) is 49.1 cm³/mol. The molecule has 0 heterocycles. The number of nitrogens with zero attached hydrogens (tertiary/aromatic N) is 1. The van der Waals surface area contributed by atoms with Crippen LogP contribution in [0, 0.1) is 11.8 Å². The first-order valence-electron chi connectivity index (χ1n) is 5.04. The van der Waals surface area contributed by atoms with Gasteiger partial charge in [-0.05, 0) is 25.2 Å². The van der Waals surface area contributed by atoms with E-state index in [1.54, 1.807) is 0 Å². The molecule has 0 saturated heterocycles. The first kappa shape index (κ1) is 9.00. The Labute approximate surface area is 78.7 Å². The number of amides is 1. The van der Waals surface area contributed by atoms with Crippen LogP contribution in [0.4, 0.5) is 0 Å². The number of hydrogen-bond acceptors (Lipinski definition) is 2. The van der Waals surface area contributed by atoms with Crippen LogP contribution in [0.3, 0.4) is 0 Å². The van der Waals surface area contributed by atoms with E-state index < -0.39 is 0 Å². The van der Waals surface area contributed by atoms with Gasteiger partial charge in [-0.2, -0.15) is 0 Å². The van der Waals surface area contributed by atoms with Gasteiger partial charge in [0.05, 0.1) is 6.10 Å². The highest BCUT2D eigenvalue weighted by Gasteiger charge is 2.43. The van der Waals surface area contributed by atoms with Crippen LogP contribution in [0.25, 0.3) is 0 Å². The van der Waals surface area contributed by atoms with Crippen molar-refractivity contribution < 1.29 is 9.90 Å². The molecular formula is C10H17NO2. The Balaban J connectivity index is 1.83. The molecule has 2 fully saturated rings. The highest BCUT2D eigenvalue weighted by atomic mass is 16.3. The average molecular weight is 183 g/mol. The topological polar surface area (TPSA) is 40.5 Å². The van der Waals surface area contributed by atoms with Gasteiger partial charge in [0.2, 0.25) is 5.91 Å². The lowest BCUT2D eigenvalue weighted by atomic mass is 9.88. The van der Waals surface area contributed by atoms with Gasteiger partial charge in [0.25, 0.3) is 0 Å². The molecule has 3 nitrogen and oxygen atoms in total. The molecule has 2 saturated carbocycles. The Morgan fingerprint density at radius 1 is 1.38 bits per heavy atom. The third-order valence-corrected chi connectivity index (χ3v) is 3.41. The number of carbonyl (C=O) groups is 1. The van der Waals surface area contributed by atoms with Crippen molar-refractivity contribution in [2.24, 2.45) is 11.8 Å². The maximum absolute atomic E-state index is 11.7. The molecule has 74 valence electrons. The summed E-state index contributed by atoms with van der Waals surface area (Å²) in [4.78, 5) is 13.5. The Kier molecular flexibility index (Phi) is 2.06. The van der Waals surface area contributed by atoms with Gasteiger partial charge in [-0.3, -0.25) is 4.79 Å². The van der Waals surface area contributed by atoms with E-state index in [1.807, 2.05) is 11.9 Å². The van der Waals surface area contributed by atoms with Crippen molar-refractivity contribution in [1.82, 2.24) is 4.90 Å². The van der Waals surface area contributed by atoms with Crippen molar-refractivity contribution in [3.8, 4) is 0 Å². The zero-order chi connectivity index (χ0) is 9.59. The smallest absolute Gasteiger partial charge is 0.225 e. The second kappa shape index (κ2) is 2.98. The normalized spacial score (nSPS) is 42.4. The Bertz CT molecular complexity index is 223. The maximum Gasteiger partial charge on any atom is 0.225 e. The fourth-order valence-electron chi connectivity index (χ4n) is 1.98. The summed E-state index contributed by atoms with van der Waals surface area (Å²) in [6.07, 6.45) is 2.42. The largest absolute Gasteiger partial charge is 0.393 e. The molecule has 0 bridgehead atoms. The van der Waals surface area contributed by atoms with Gasteiger partial charge >= 0.3 is 0 Å². The Hall–Kier alpha value is -0.570. The van der Waals surface area contributed by atoms with Crippen LogP contribution in [-0.2, 0) is 4.79 Å². The van der Waals surface area contributed by atoms with Crippen LogP contribution in [0.2, 0.25) is 0 Å². The number of rotatable bonds is 2. The van der Waals surface area contributed by atoms with E-state index in [-0.39, 0.29) is 17.9 Å². The van der Waals surface area contributed by atoms with Crippen molar-refractivity contribution >= 4 is 5.91 Å². The van der Waals surface area contributed by atoms with E-state index in [0.29, 0.717) is 12.0 Å². The number of hydrogen-bond donors (Lipinski definition) is 1. The molecule has 3 heteroatoms. The first-order valence-corrected chi connectivity index (χ1v) is 5.04. The van der Waals surface area contributed by atoms with E-state index in [4.69, 9.17) is 5.11 Å². The highest BCUT2D eigenvalue weighted by Crippen LogP contribution is 2.40. The highest BCUT2D eigenvalue weighted by molar-refractivity contribution is 5.81. The number of carbonyl (C=O) groups excluding carboxylic acids is 1. The lowest BCUT2D eigenvalue weighted by Crippen LogP contribution is -2.48. The second-order valence-electron chi connectivity index (χ2n) is 4.55. The van der Waals surface area contributed by atoms with Gasteiger partial charge in [0, 0.05) is 19.0 Å². The minimum Gasteiger partial charge on any atom is -0.393 e. The minimum absolute atomic E-state index is 0.170. The molecular weight excluding hydrogens is 166 g/mol. The fraction of sp³-hybridized carbons (Fsp3) is 0.900. The van der Waals surface area contributed by atoms with Gasteiger partial charge in [0.15, 0.2) is 0 Å². The maximum atomic E-state index is 11.7. The van der Waals surface area contributed by atoms with Gasteiger partial charge in [0.1, 0.15) is 0 Å². The molecule has 0 aliphatic heterocycles. The summed E-state index contributed by atoms with van der Waals surface area (Å²) in [5.74, 6) is 1.15. The molecule has 0 aromatic heterocycles. The lowest BCUT2D eigenvalue weighted by Gasteiger charge is -2.38. The summed E-state index contributed by atoms with van der Waals surface area (Å²) in [6.45, 7) is 2.12. The summed E-state index contributed by atoms with van der Waals surface area (Å²) in [5, 5.41) is 9.12.